The molecule has 134 valence electrons. The largest absolute Gasteiger partial charge is 0.348 e. The first kappa shape index (κ1) is 18.2. The number of aryl methyl sites for hydroxylation is 2. The van der Waals surface area contributed by atoms with Crippen molar-refractivity contribution in [2.75, 3.05) is 0 Å². The quantitative estimate of drug-likeness (QED) is 0.724. The molecule has 0 unspecified atom stereocenters. The van der Waals surface area contributed by atoms with Crippen LogP contribution in [0.3, 0.4) is 0 Å². The fraction of sp³-hybridized carbons (Fsp3) is 0.238. The molecular weight excluding hydrogens is 346 g/mol. The molecule has 1 N–H and O–H groups in total. The summed E-state index contributed by atoms with van der Waals surface area (Å²) in [6.45, 7) is 6.85. The maximum Gasteiger partial charge on any atom is 0.255 e. The highest BCUT2D eigenvalue weighted by Crippen LogP contribution is 2.19. The van der Waals surface area contributed by atoms with Crippen molar-refractivity contribution >= 4 is 17.5 Å². The lowest BCUT2D eigenvalue weighted by Gasteiger charge is -2.08. The molecule has 0 fully saturated rings. The molecule has 0 bridgehead atoms. The lowest BCUT2D eigenvalue weighted by atomic mass is 10.1. The number of halogens is 1. The Morgan fingerprint density at radius 1 is 1.08 bits per heavy atom. The second-order valence-electron chi connectivity index (χ2n) is 6.46. The SMILES string of the molecule is Cc1ccc(CNC(=O)c2c(C)nn(Cc3ccccc3Cl)c2C)cc1. The zero-order chi connectivity index (χ0) is 18.7. The maximum atomic E-state index is 12.7. The minimum absolute atomic E-state index is 0.106. The van der Waals surface area contributed by atoms with Crippen LogP contribution in [0.5, 0.6) is 0 Å². The van der Waals surface area contributed by atoms with E-state index < -0.39 is 0 Å². The second kappa shape index (κ2) is 7.75. The van der Waals surface area contributed by atoms with Gasteiger partial charge in [0, 0.05) is 17.3 Å². The molecule has 1 amide bonds. The van der Waals surface area contributed by atoms with Gasteiger partial charge in [0.15, 0.2) is 0 Å². The van der Waals surface area contributed by atoms with E-state index in [0.29, 0.717) is 23.7 Å². The van der Waals surface area contributed by atoms with Gasteiger partial charge in [0.05, 0.1) is 17.8 Å². The smallest absolute Gasteiger partial charge is 0.255 e. The van der Waals surface area contributed by atoms with E-state index in [1.54, 1.807) is 0 Å². The van der Waals surface area contributed by atoms with Crippen LogP contribution in [0, 0.1) is 20.8 Å². The van der Waals surface area contributed by atoms with Gasteiger partial charge in [-0.05, 0) is 38.0 Å². The molecule has 0 spiro atoms. The van der Waals surface area contributed by atoms with Crippen LogP contribution in [0.1, 0.15) is 38.4 Å². The van der Waals surface area contributed by atoms with Gasteiger partial charge in [-0.3, -0.25) is 9.48 Å². The Labute approximate surface area is 158 Å². The van der Waals surface area contributed by atoms with E-state index in [1.165, 1.54) is 5.56 Å². The Morgan fingerprint density at radius 3 is 2.46 bits per heavy atom. The number of carbonyl (C=O) groups excluding carboxylic acids is 1. The number of nitrogens with zero attached hydrogens (tertiary/aromatic N) is 2. The summed E-state index contributed by atoms with van der Waals surface area (Å²) in [4.78, 5) is 12.7. The highest BCUT2D eigenvalue weighted by molar-refractivity contribution is 6.31. The molecule has 0 saturated heterocycles. The topological polar surface area (TPSA) is 46.9 Å². The Hall–Kier alpha value is -2.59. The van der Waals surface area contributed by atoms with Crippen molar-refractivity contribution in [3.63, 3.8) is 0 Å². The predicted molar refractivity (Wildman–Crippen MR) is 105 cm³/mol. The molecule has 3 rings (SSSR count). The minimum atomic E-state index is -0.106. The van der Waals surface area contributed by atoms with Crippen LogP contribution in [0.15, 0.2) is 48.5 Å². The summed E-state index contributed by atoms with van der Waals surface area (Å²) >= 11 is 6.24. The van der Waals surface area contributed by atoms with Gasteiger partial charge in [-0.25, -0.2) is 0 Å². The normalized spacial score (nSPS) is 10.8. The monoisotopic (exact) mass is 367 g/mol. The summed E-state index contributed by atoms with van der Waals surface area (Å²) in [5.74, 6) is -0.106. The van der Waals surface area contributed by atoms with Crippen LogP contribution in [0.2, 0.25) is 5.02 Å². The highest BCUT2D eigenvalue weighted by Gasteiger charge is 2.19. The Morgan fingerprint density at radius 2 is 1.77 bits per heavy atom. The van der Waals surface area contributed by atoms with Crippen molar-refractivity contribution < 1.29 is 4.79 Å². The van der Waals surface area contributed by atoms with Gasteiger partial charge in [0.2, 0.25) is 0 Å². The summed E-state index contributed by atoms with van der Waals surface area (Å²) in [6, 6.07) is 15.8. The Bertz CT molecular complexity index is 929. The van der Waals surface area contributed by atoms with Gasteiger partial charge in [-0.2, -0.15) is 5.10 Å². The summed E-state index contributed by atoms with van der Waals surface area (Å²) in [6.07, 6.45) is 0. The minimum Gasteiger partial charge on any atom is -0.348 e. The van der Waals surface area contributed by atoms with Gasteiger partial charge < -0.3 is 5.32 Å². The molecule has 4 nitrogen and oxygen atoms in total. The molecule has 1 heterocycles. The number of carbonyl (C=O) groups is 1. The lowest BCUT2D eigenvalue weighted by molar-refractivity contribution is 0.0949. The lowest BCUT2D eigenvalue weighted by Crippen LogP contribution is -2.24. The molecule has 0 radical (unpaired) electrons. The van der Waals surface area contributed by atoms with Crippen molar-refractivity contribution in [2.45, 2.75) is 33.9 Å². The van der Waals surface area contributed by atoms with E-state index in [0.717, 1.165) is 22.5 Å². The number of hydrogen-bond acceptors (Lipinski definition) is 2. The van der Waals surface area contributed by atoms with Crippen molar-refractivity contribution in [3.05, 3.63) is 87.2 Å². The number of hydrogen-bond donors (Lipinski definition) is 1. The first-order chi connectivity index (χ1) is 12.5. The van der Waals surface area contributed by atoms with Gasteiger partial charge in [0.25, 0.3) is 5.91 Å². The number of amides is 1. The fourth-order valence-corrected chi connectivity index (χ4v) is 3.14. The first-order valence-corrected chi connectivity index (χ1v) is 8.94. The molecule has 0 aliphatic carbocycles. The molecule has 0 saturated carbocycles. The molecule has 26 heavy (non-hydrogen) atoms. The van der Waals surface area contributed by atoms with E-state index in [4.69, 9.17) is 11.6 Å². The second-order valence-corrected chi connectivity index (χ2v) is 6.87. The third-order valence-electron chi connectivity index (χ3n) is 4.46. The van der Waals surface area contributed by atoms with E-state index in [9.17, 15) is 4.79 Å². The molecule has 0 aliphatic rings. The van der Waals surface area contributed by atoms with E-state index in [1.807, 2.05) is 74.0 Å². The molecule has 0 aliphatic heterocycles. The predicted octanol–water partition coefficient (Wildman–Crippen LogP) is 4.44. The van der Waals surface area contributed by atoms with E-state index in [-0.39, 0.29) is 5.91 Å². The van der Waals surface area contributed by atoms with E-state index in [2.05, 4.69) is 10.4 Å². The summed E-state index contributed by atoms with van der Waals surface area (Å²) in [5.41, 5.74) is 5.44. The number of benzene rings is 2. The summed E-state index contributed by atoms with van der Waals surface area (Å²) < 4.78 is 1.83. The van der Waals surface area contributed by atoms with Gasteiger partial charge in [-0.15, -0.1) is 0 Å². The van der Waals surface area contributed by atoms with Gasteiger partial charge >= 0.3 is 0 Å². The van der Waals surface area contributed by atoms with Crippen LogP contribution in [-0.2, 0) is 13.1 Å². The van der Waals surface area contributed by atoms with Crippen LogP contribution in [0.25, 0.3) is 0 Å². The van der Waals surface area contributed by atoms with Crippen molar-refractivity contribution in [1.82, 2.24) is 15.1 Å². The standard InChI is InChI=1S/C21H22ClN3O/c1-14-8-10-17(11-9-14)12-23-21(26)20-15(2)24-25(16(20)3)13-18-6-4-5-7-19(18)22/h4-11H,12-13H2,1-3H3,(H,23,26). The van der Waals surface area contributed by atoms with Crippen LogP contribution in [0.4, 0.5) is 0 Å². The highest BCUT2D eigenvalue weighted by atomic mass is 35.5. The van der Waals surface area contributed by atoms with Gasteiger partial charge in [0.1, 0.15) is 0 Å². The average molecular weight is 368 g/mol. The molecular formula is C21H22ClN3O. The molecule has 0 atom stereocenters. The molecule has 1 aromatic heterocycles. The van der Waals surface area contributed by atoms with Crippen LogP contribution in [-0.4, -0.2) is 15.7 Å². The average Bonchev–Trinajstić information content (AvgIpc) is 2.90. The van der Waals surface area contributed by atoms with E-state index >= 15 is 0 Å². The van der Waals surface area contributed by atoms with Crippen LogP contribution < -0.4 is 5.32 Å². The van der Waals surface area contributed by atoms with Crippen molar-refractivity contribution in [3.8, 4) is 0 Å². The fourth-order valence-electron chi connectivity index (χ4n) is 2.94. The zero-order valence-electron chi connectivity index (χ0n) is 15.2. The van der Waals surface area contributed by atoms with Gasteiger partial charge in [-0.1, -0.05) is 59.6 Å². The Balaban J connectivity index is 1.75. The molecule has 5 heteroatoms. The molecule has 3 aromatic rings. The molecule has 2 aromatic carbocycles. The number of rotatable bonds is 5. The summed E-state index contributed by atoms with van der Waals surface area (Å²) in [5, 5.41) is 8.22. The third-order valence-corrected chi connectivity index (χ3v) is 4.83. The summed E-state index contributed by atoms with van der Waals surface area (Å²) in [7, 11) is 0. The Kier molecular flexibility index (Phi) is 5.43. The zero-order valence-corrected chi connectivity index (χ0v) is 16.0. The maximum absolute atomic E-state index is 12.7. The number of nitrogens with one attached hydrogen (secondary N) is 1. The van der Waals surface area contributed by atoms with Crippen molar-refractivity contribution in [1.29, 1.82) is 0 Å². The van der Waals surface area contributed by atoms with Crippen LogP contribution >= 0.6 is 11.6 Å². The van der Waals surface area contributed by atoms with Crippen molar-refractivity contribution in [2.24, 2.45) is 0 Å². The first-order valence-electron chi connectivity index (χ1n) is 8.57. The third kappa shape index (κ3) is 3.97. The number of aromatic nitrogens is 2.